The van der Waals surface area contributed by atoms with Crippen molar-refractivity contribution in [3.05, 3.63) is 47.5 Å². The second-order valence-corrected chi connectivity index (χ2v) is 10.3. The summed E-state index contributed by atoms with van der Waals surface area (Å²) in [7, 11) is 6.49. The number of nitrogens with one attached hydrogen (secondary N) is 2. The van der Waals surface area contributed by atoms with Crippen LogP contribution in [0.3, 0.4) is 0 Å². The molecule has 34 heavy (non-hydrogen) atoms. The molecule has 2 aromatic carbocycles. The first kappa shape index (κ1) is 29.5. The third-order valence-corrected chi connectivity index (χ3v) is 4.90. The number of benzene rings is 2. The average molecular weight is 507 g/mol. The minimum Gasteiger partial charge on any atom is -0.496 e. The molecule has 6 nitrogen and oxygen atoms in total. The predicted octanol–water partition coefficient (Wildman–Crippen LogP) is 5.53. The molecule has 0 radical (unpaired) electrons. The van der Waals surface area contributed by atoms with Crippen LogP contribution in [0.2, 0.25) is 0 Å². The molecule has 0 aliphatic heterocycles. The van der Waals surface area contributed by atoms with Gasteiger partial charge in [-0.2, -0.15) is 0 Å². The van der Waals surface area contributed by atoms with Crippen molar-refractivity contribution in [1.82, 2.24) is 10.6 Å². The number of hydrogen-bond donors (Lipinski definition) is 2. The van der Waals surface area contributed by atoms with Gasteiger partial charge in [-0.3, -0.25) is 0 Å². The molecule has 0 saturated carbocycles. The lowest BCUT2D eigenvalue weighted by Crippen LogP contribution is -2.40. The SMILES string of the molecule is COc1cccc(OC)c1C(=S)NC(C)(C)C.COc1cccc(OC)c1C(=S)NC(C)(C)C. The van der Waals surface area contributed by atoms with Crippen LogP contribution in [-0.2, 0) is 0 Å². The van der Waals surface area contributed by atoms with E-state index in [0.717, 1.165) is 11.1 Å². The zero-order valence-electron chi connectivity index (χ0n) is 21.9. The summed E-state index contributed by atoms with van der Waals surface area (Å²) in [6.07, 6.45) is 0. The Morgan fingerprint density at radius 2 is 0.794 bits per heavy atom. The maximum Gasteiger partial charge on any atom is 0.132 e. The second kappa shape index (κ2) is 12.8. The van der Waals surface area contributed by atoms with Crippen molar-refractivity contribution in [3.63, 3.8) is 0 Å². The molecule has 0 heterocycles. The summed E-state index contributed by atoms with van der Waals surface area (Å²) in [4.78, 5) is 1.26. The van der Waals surface area contributed by atoms with Crippen LogP contribution in [0, 0.1) is 0 Å². The molecule has 0 aromatic heterocycles. The summed E-state index contributed by atoms with van der Waals surface area (Å²) in [5.74, 6) is 2.86. The third-order valence-electron chi connectivity index (χ3n) is 4.29. The number of hydrogen-bond acceptors (Lipinski definition) is 6. The Kier molecular flexibility index (Phi) is 11.1. The van der Waals surface area contributed by atoms with E-state index in [1.807, 2.05) is 36.4 Å². The van der Waals surface area contributed by atoms with Gasteiger partial charge in [-0.15, -0.1) is 0 Å². The molecule has 0 saturated heterocycles. The lowest BCUT2D eigenvalue weighted by atomic mass is 10.1. The van der Waals surface area contributed by atoms with Gasteiger partial charge in [0.25, 0.3) is 0 Å². The fraction of sp³-hybridized carbons (Fsp3) is 0.462. The highest BCUT2D eigenvalue weighted by molar-refractivity contribution is 7.81. The molecule has 0 bridgehead atoms. The standard InChI is InChI=1S/2C13H19NO2S/c2*1-13(2,3)14-12(17)11-9(15-4)7-6-8-10(11)16-5/h2*6-8H,1-5H3,(H,14,17). The summed E-state index contributed by atoms with van der Waals surface area (Å²) >= 11 is 10.8. The van der Waals surface area contributed by atoms with Crippen LogP contribution in [0.5, 0.6) is 23.0 Å². The van der Waals surface area contributed by atoms with Crippen molar-refractivity contribution in [2.75, 3.05) is 28.4 Å². The van der Waals surface area contributed by atoms with Gasteiger partial charge in [-0.05, 0) is 65.8 Å². The van der Waals surface area contributed by atoms with Gasteiger partial charge >= 0.3 is 0 Å². The zero-order valence-corrected chi connectivity index (χ0v) is 23.5. The molecular formula is C26H38N2O4S2. The minimum atomic E-state index is -0.0943. The van der Waals surface area contributed by atoms with Crippen LogP contribution in [0.4, 0.5) is 0 Å². The summed E-state index contributed by atoms with van der Waals surface area (Å²) in [6.45, 7) is 12.3. The van der Waals surface area contributed by atoms with Crippen molar-refractivity contribution in [2.24, 2.45) is 0 Å². The van der Waals surface area contributed by atoms with Crippen molar-refractivity contribution in [1.29, 1.82) is 0 Å². The van der Waals surface area contributed by atoms with Crippen molar-refractivity contribution in [3.8, 4) is 23.0 Å². The molecule has 0 atom stereocenters. The van der Waals surface area contributed by atoms with E-state index in [2.05, 4.69) is 52.2 Å². The summed E-state index contributed by atoms with van der Waals surface area (Å²) in [6, 6.07) is 11.2. The van der Waals surface area contributed by atoms with Gasteiger partial charge in [0.15, 0.2) is 0 Å². The van der Waals surface area contributed by atoms with Crippen LogP contribution in [0.1, 0.15) is 52.7 Å². The molecule has 0 amide bonds. The molecule has 188 valence electrons. The average Bonchev–Trinajstić information content (AvgIpc) is 2.75. The van der Waals surface area contributed by atoms with Gasteiger partial charge in [0, 0.05) is 11.1 Å². The fourth-order valence-electron chi connectivity index (χ4n) is 2.96. The Morgan fingerprint density at radius 3 is 0.971 bits per heavy atom. The van der Waals surface area contributed by atoms with Crippen LogP contribution in [0.15, 0.2) is 36.4 Å². The van der Waals surface area contributed by atoms with Crippen LogP contribution in [0.25, 0.3) is 0 Å². The Hall–Kier alpha value is -2.58. The van der Waals surface area contributed by atoms with E-state index < -0.39 is 0 Å². The zero-order chi connectivity index (χ0) is 26.1. The van der Waals surface area contributed by atoms with Gasteiger partial charge in [-0.25, -0.2) is 0 Å². The van der Waals surface area contributed by atoms with Crippen LogP contribution >= 0.6 is 24.4 Å². The predicted molar refractivity (Wildman–Crippen MR) is 148 cm³/mol. The van der Waals surface area contributed by atoms with Gasteiger partial charge in [0.05, 0.1) is 39.6 Å². The summed E-state index contributed by atoms with van der Waals surface area (Å²) in [5.41, 5.74) is 1.40. The van der Waals surface area contributed by atoms with Crippen LogP contribution in [-0.4, -0.2) is 49.5 Å². The molecular weight excluding hydrogens is 468 g/mol. The Bertz CT molecular complexity index is 856. The van der Waals surface area contributed by atoms with Crippen LogP contribution < -0.4 is 29.6 Å². The number of methoxy groups -OCH3 is 4. The number of thiocarbonyl (C=S) groups is 2. The lowest BCUT2D eigenvalue weighted by molar-refractivity contribution is 0.391. The first-order valence-corrected chi connectivity index (χ1v) is 11.7. The molecule has 8 heteroatoms. The monoisotopic (exact) mass is 506 g/mol. The van der Waals surface area contributed by atoms with E-state index >= 15 is 0 Å². The first-order chi connectivity index (χ1) is 15.8. The summed E-state index contributed by atoms with van der Waals surface area (Å²) < 4.78 is 21.3. The van der Waals surface area contributed by atoms with E-state index in [9.17, 15) is 0 Å². The van der Waals surface area contributed by atoms with E-state index in [-0.39, 0.29) is 11.1 Å². The molecule has 0 aliphatic rings. The van der Waals surface area contributed by atoms with Gasteiger partial charge < -0.3 is 29.6 Å². The fourth-order valence-corrected chi connectivity index (χ4v) is 3.97. The quantitative estimate of drug-likeness (QED) is 0.496. The smallest absolute Gasteiger partial charge is 0.132 e. The molecule has 0 aliphatic carbocycles. The van der Waals surface area contributed by atoms with Crippen molar-refractivity contribution < 1.29 is 18.9 Å². The maximum atomic E-state index is 5.41. The normalized spacial score (nSPS) is 10.9. The molecule has 0 spiro atoms. The Morgan fingerprint density at radius 1 is 0.559 bits per heavy atom. The molecule has 2 N–H and O–H groups in total. The molecule has 2 rings (SSSR count). The molecule has 0 unspecified atom stereocenters. The number of ether oxygens (including phenoxy) is 4. The highest BCUT2D eigenvalue weighted by atomic mass is 32.1. The van der Waals surface area contributed by atoms with Crippen molar-refractivity contribution in [2.45, 2.75) is 52.6 Å². The van der Waals surface area contributed by atoms with E-state index in [1.54, 1.807) is 28.4 Å². The lowest BCUT2D eigenvalue weighted by Gasteiger charge is -2.24. The Balaban J connectivity index is 0.000000340. The second-order valence-electron chi connectivity index (χ2n) is 9.48. The highest BCUT2D eigenvalue weighted by Crippen LogP contribution is 2.30. The minimum absolute atomic E-state index is 0.0943. The highest BCUT2D eigenvalue weighted by Gasteiger charge is 2.20. The number of rotatable bonds is 6. The van der Waals surface area contributed by atoms with E-state index in [0.29, 0.717) is 33.0 Å². The van der Waals surface area contributed by atoms with E-state index in [4.69, 9.17) is 43.4 Å². The maximum absolute atomic E-state index is 5.41. The molecule has 0 fully saturated rings. The Labute approximate surface area is 215 Å². The van der Waals surface area contributed by atoms with Crippen molar-refractivity contribution >= 4 is 34.4 Å². The third kappa shape index (κ3) is 8.99. The largest absolute Gasteiger partial charge is 0.496 e. The van der Waals surface area contributed by atoms with Gasteiger partial charge in [0.1, 0.15) is 33.0 Å². The van der Waals surface area contributed by atoms with Gasteiger partial charge in [0.2, 0.25) is 0 Å². The first-order valence-electron chi connectivity index (χ1n) is 10.8. The van der Waals surface area contributed by atoms with Gasteiger partial charge in [-0.1, -0.05) is 36.6 Å². The van der Waals surface area contributed by atoms with E-state index in [1.165, 1.54) is 0 Å². The summed E-state index contributed by atoms with van der Waals surface area (Å²) in [5, 5.41) is 6.51. The topological polar surface area (TPSA) is 61.0 Å². The molecule has 2 aromatic rings.